The molecule has 0 radical (unpaired) electrons. The second kappa shape index (κ2) is 47.5. The molecule has 0 bridgehead atoms. The van der Waals surface area contributed by atoms with Crippen molar-refractivity contribution < 1.29 is 102 Å². The predicted octanol–water partition coefficient (Wildman–Crippen LogP) is 0.458. The fourth-order valence-electron chi connectivity index (χ4n) is 15.3. The number of guanidine groups is 1. The molecule has 14 amide bonds. The molecule has 1 aliphatic heterocycles. The zero-order chi connectivity index (χ0) is 94.6. The number of aromatic amines is 1. The smallest absolute Gasteiger partial charge is 0.309 e. The Morgan fingerprint density at radius 2 is 1.02 bits per heavy atom. The van der Waals surface area contributed by atoms with E-state index in [9.17, 15) is 73.2 Å². The van der Waals surface area contributed by atoms with Crippen LogP contribution in [-0.4, -0.2) is 233 Å². The highest BCUT2D eigenvalue weighted by Crippen LogP contribution is 2.49. The molecule has 15 atom stereocenters. The number of thioether (sulfide) groups is 1. The number of H-pyrrole nitrogens is 1. The quantitative estimate of drug-likeness (QED) is 0.0184. The second-order valence-electron chi connectivity index (χ2n) is 33.6. The van der Waals surface area contributed by atoms with Crippen molar-refractivity contribution >= 4 is 129 Å². The number of rotatable bonds is 28. The van der Waals surface area contributed by atoms with E-state index in [4.69, 9.17) is 16.9 Å². The number of unbranched alkanes of at least 4 members (excludes halogenated alkanes) is 4. The Morgan fingerprint density at radius 3 is 1.56 bits per heavy atom. The Hall–Kier alpha value is -13.2. The number of primary amides is 1. The van der Waals surface area contributed by atoms with Crippen LogP contribution in [0.25, 0.3) is 22.0 Å². The first-order chi connectivity index (χ1) is 61.3. The molecule has 8 rings (SSSR count). The van der Waals surface area contributed by atoms with Gasteiger partial charge in [0, 0.05) is 55.8 Å². The average molecular weight is 1810 g/mol. The van der Waals surface area contributed by atoms with Crippen molar-refractivity contribution in [2.75, 3.05) is 18.1 Å². The molecule has 129 heavy (non-hydrogen) atoms. The number of nitrogens with zero attached hydrogens (tertiary/aromatic N) is 1. The van der Waals surface area contributed by atoms with Crippen LogP contribution in [0.3, 0.4) is 0 Å². The van der Waals surface area contributed by atoms with Crippen LogP contribution in [0.5, 0.6) is 5.75 Å². The molecule has 2 spiro atoms. The minimum Gasteiger partial charge on any atom is -0.508 e. The van der Waals surface area contributed by atoms with Crippen LogP contribution >= 0.6 is 11.8 Å². The van der Waals surface area contributed by atoms with E-state index < -0.39 is 245 Å². The van der Waals surface area contributed by atoms with Gasteiger partial charge in [0.15, 0.2) is 5.96 Å². The highest BCUT2D eigenvalue weighted by atomic mass is 32.2. The fourth-order valence-corrected chi connectivity index (χ4v) is 16.2. The van der Waals surface area contributed by atoms with E-state index in [0.29, 0.717) is 59.7 Å². The number of fused-ring (bicyclic) bond motifs is 1. The molecular weight excluding hydrogens is 1690 g/mol. The van der Waals surface area contributed by atoms with Crippen LogP contribution in [0.15, 0.2) is 104 Å². The van der Waals surface area contributed by atoms with Gasteiger partial charge in [0.2, 0.25) is 82.7 Å². The summed E-state index contributed by atoms with van der Waals surface area (Å²) in [7, 11) is 0. The second-order valence-corrected chi connectivity index (χ2v) is 34.6. The van der Waals surface area contributed by atoms with E-state index >= 15 is 28.8 Å². The molecule has 2 saturated carbocycles. The predicted molar refractivity (Wildman–Crippen MR) is 472 cm³/mol. The number of hydrogen-bond acceptors (Lipinski definition) is 21. The lowest BCUT2D eigenvalue weighted by Crippen LogP contribution is -2.63. The zero-order valence-electron chi connectivity index (χ0n) is 73.1. The minimum absolute atomic E-state index is 0.00383. The average Bonchev–Trinajstić information content (AvgIpc) is 1.58. The van der Waals surface area contributed by atoms with Crippen molar-refractivity contribution in [1.29, 1.82) is 5.41 Å². The lowest BCUT2D eigenvalue weighted by molar-refractivity contribution is -0.142. The number of nitrogens with one attached hydrogen (secondary N) is 16. The third-order valence-corrected chi connectivity index (χ3v) is 23.9. The summed E-state index contributed by atoms with van der Waals surface area (Å²) >= 11 is 0.746. The molecule has 5 aromatic rings. The normalized spacial score (nSPS) is 25.6. The molecule has 40 nitrogen and oxygen atoms in total. The lowest BCUT2D eigenvalue weighted by atomic mass is 9.97. The standard InChI is InChI=1S/C88H119N19O21S/c1-8-10-13-20-58-75(117)100-62(36-50-25-29-54(108)30-26-50)77(119)101-64(38-53-42-94-66-43-92-35-33-55(53)66)79(121)102-65(39-70(112)113)80(122)99-61(31-32-69(110)111)76(118)105-71(47(5)6)82(124)107-87(40-56(87)46(3)4)84(127)103-63(37-49-23-27-52(28-24-49)51-18-15-12-16-19-51)78(120)98-60(21-14-11-9-2)81(123)106-88(41-57(88)83(125)126)85(128)104-67(72(89)114)44-129-45-68(109)95-48(7)73(115)96-59(74(116)97-58)22-17-34-93-86(90)91/h12,15-16,18-19,23-30,33,35,42-43,46-48,56-65,67,71,94,108H,8-11,13-14,17,20-22,31-32,34,36-41,44-45H2,1-7H3,(H2,89,114)(H,95,109)(H,96,115)(H,97,116)(H,98,120)(H,99,122)(H,100,117)(H,101,119)(H,102,121)(H,103,127)(H,104,128)(H,105,118)(H,106,123)(H,107,124)(H,110,111)(H,112,113)(H,125,126)(H4,90,91,93)/t48-,56-,57+,58-,59-,60-,61-,62-,63-,64-,65-,67-,71-,87+,88?/m0/s1. The SMILES string of the molecule is CCCCC[C@@H]1NC(=O)[C@H](CCCNC(=N)N)NC(=O)[C@H](C)NC(=O)CSC[C@@H](C(N)=O)NC(=O)C2(C[C@@H]2C(=O)O)NC(=O)[C@H](CCCCC)NC(=O)[C@H](Cc2ccc(-c3ccccc3)cc2)NC(=O)[C@]2(C[C@H]2C(C)C)NC(=O)[C@H](C(C)C)NC(=O)[C@H](CCC(=O)O)NC(=O)[C@H](CC(=O)O)NC(=O)[C@H](Cc2c[nH]c3cnccc23)NC(=O)[C@H](Cc2ccc(O)cc2)NC1=O. The van der Waals surface area contributed by atoms with Crippen LogP contribution in [0, 0.1) is 29.1 Å². The Bertz CT molecular complexity index is 4880. The van der Waals surface area contributed by atoms with Gasteiger partial charge in [-0.25, -0.2) is 0 Å². The van der Waals surface area contributed by atoms with Gasteiger partial charge in [0.1, 0.15) is 83.3 Å². The van der Waals surface area contributed by atoms with E-state index in [1.54, 1.807) is 44.2 Å². The number of nitrogens with two attached hydrogens (primary N) is 2. The van der Waals surface area contributed by atoms with E-state index in [2.05, 4.69) is 84.4 Å². The number of aliphatic carboxylic acids is 3. The van der Waals surface area contributed by atoms with Crippen LogP contribution in [-0.2, 0) is 101 Å². The molecule has 2 aliphatic carbocycles. The summed E-state index contributed by atoms with van der Waals surface area (Å²) in [5.41, 5.74) is 10.5. The highest BCUT2D eigenvalue weighted by molar-refractivity contribution is 8.00. The fraction of sp³-hybridized carbons (Fsp3) is 0.511. The topological polar surface area (TPSA) is 644 Å². The van der Waals surface area contributed by atoms with E-state index in [1.165, 1.54) is 63.6 Å². The summed E-state index contributed by atoms with van der Waals surface area (Å²) in [6.07, 6.45) is 2.52. The molecular formula is C88H119N19O21S. The van der Waals surface area contributed by atoms with E-state index in [-0.39, 0.29) is 69.6 Å². The molecule has 24 N–H and O–H groups in total. The first-order valence-corrected chi connectivity index (χ1v) is 44.3. The van der Waals surface area contributed by atoms with Gasteiger partial charge in [0.05, 0.1) is 29.8 Å². The monoisotopic (exact) mass is 1810 g/mol. The van der Waals surface area contributed by atoms with Crippen LogP contribution in [0.4, 0.5) is 0 Å². The van der Waals surface area contributed by atoms with Crippen molar-refractivity contribution in [3.63, 3.8) is 0 Å². The molecule has 1 saturated heterocycles. The molecule has 2 aromatic heterocycles. The molecule has 3 heterocycles. The van der Waals surface area contributed by atoms with Crippen molar-refractivity contribution in [3.05, 3.63) is 120 Å². The molecule has 41 heteroatoms. The van der Waals surface area contributed by atoms with Crippen LogP contribution < -0.4 is 85.9 Å². The van der Waals surface area contributed by atoms with Gasteiger partial charge in [-0.05, 0) is 116 Å². The third kappa shape index (κ3) is 29.4. The number of hydrogen-bond donors (Lipinski definition) is 22. The summed E-state index contributed by atoms with van der Waals surface area (Å²) in [6, 6.07) is 4.93. The summed E-state index contributed by atoms with van der Waals surface area (Å²) in [5, 5.41) is 85.9. The Balaban J connectivity index is 1.19. The number of carbonyl (C=O) groups excluding carboxylic acids is 14. The Labute approximate surface area is 749 Å². The summed E-state index contributed by atoms with van der Waals surface area (Å²) in [6.45, 7) is 11.6. The number of amides is 14. The first kappa shape index (κ1) is 101. The van der Waals surface area contributed by atoms with Gasteiger partial charge >= 0.3 is 17.9 Å². The van der Waals surface area contributed by atoms with E-state index in [0.717, 1.165) is 22.9 Å². The molecule has 698 valence electrons. The number of pyridine rings is 1. The Kier molecular flexibility index (Phi) is 37.3. The largest absolute Gasteiger partial charge is 0.508 e. The van der Waals surface area contributed by atoms with Gasteiger partial charge < -0.3 is 111 Å². The zero-order valence-corrected chi connectivity index (χ0v) is 73.9. The number of carbonyl (C=O) groups is 17. The minimum atomic E-state index is -2.26. The number of phenols is 1. The Morgan fingerprint density at radius 1 is 0.527 bits per heavy atom. The number of phenolic OH excluding ortho intramolecular Hbond substituents is 1. The van der Waals surface area contributed by atoms with Gasteiger partial charge in [-0.2, -0.15) is 0 Å². The number of carboxylic acids is 3. The van der Waals surface area contributed by atoms with Gasteiger partial charge in [0.25, 0.3) is 0 Å². The van der Waals surface area contributed by atoms with Crippen molar-refractivity contribution in [3.8, 4) is 16.9 Å². The molecule has 3 fully saturated rings. The number of aromatic nitrogens is 2. The number of benzene rings is 3. The third-order valence-electron chi connectivity index (χ3n) is 22.9. The van der Waals surface area contributed by atoms with Crippen LogP contribution in [0.2, 0.25) is 0 Å². The maximum absolute atomic E-state index is 15.5. The van der Waals surface area contributed by atoms with Crippen molar-refractivity contribution in [1.82, 2.24) is 84.4 Å². The molecule has 1 unspecified atom stereocenters. The molecule has 3 aliphatic rings. The highest BCUT2D eigenvalue weighted by Gasteiger charge is 2.66. The van der Waals surface area contributed by atoms with Gasteiger partial charge in [-0.15, -0.1) is 11.8 Å². The lowest BCUT2D eigenvalue weighted by Gasteiger charge is -2.30. The van der Waals surface area contributed by atoms with Gasteiger partial charge in [-0.3, -0.25) is 91.9 Å². The summed E-state index contributed by atoms with van der Waals surface area (Å²) in [4.78, 5) is 252. The van der Waals surface area contributed by atoms with Crippen molar-refractivity contribution in [2.24, 2.45) is 35.1 Å². The summed E-state index contributed by atoms with van der Waals surface area (Å²) < 4.78 is 0. The van der Waals surface area contributed by atoms with Gasteiger partial charge in [-0.1, -0.05) is 147 Å². The maximum Gasteiger partial charge on any atom is 0.309 e. The number of aromatic hydroxyl groups is 1. The maximum atomic E-state index is 15.5. The first-order valence-electron chi connectivity index (χ1n) is 43.2. The van der Waals surface area contributed by atoms with Crippen molar-refractivity contribution in [2.45, 2.75) is 242 Å². The van der Waals surface area contributed by atoms with E-state index in [1.807, 2.05) is 44.2 Å². The van der Waals surface area contributed by atoms with Crippen LogP contribution in [0.1, 0.15) is 161 Å². The number of carboxylic acid groups (broad SMARTS) is 3. The summed E-state index contributed by atoms with van der Waals surface area (Å²) in [5.74, 6) is -24.5. The molecule has 3 aromatic carbocycles.